The minimum atomic E-state index is -0.399. The van der Waals surface area contributed by atoms with Crippen LogP contribution >= 0.6 is 47.5 Å². The van der Waals surface area contributed by atoms with Gasteiger partial charge in [0.25, 0.3) is 0 Å². The molecule has 4 aromatic heterocycles. The van der Waals surface area contributed by atoms with Gasteiger partial charge in [-0.3, -0.25) is 9.48 Å². The number of aliphatic hydroxyl groups is 2. The van der Waals surface area contributed by atoms with Crippen molar-refractivity contribution >= 4 is 87.4 Å². The maximum atomic E-state index is 11.9. The summed E-state index contributed by atoms with van der Waals surface area (Å²) < 4.78 is 23.3. The van der Waals surface area contributed by atoms with Gasteiger partial charge in [-0.05, 0) is 73.4 Å². The largest absolute Gasteiger partial charge is 0.445 e. The Hall–Kier alpha value is -6.73. The number of hydrogen-bond acceptors (Lipinski definition) is 18. The lowest BCUT2D eigenvalue weighted by atomic mass is 10.2. The van der Waals surface area contributed by atoms with Crippen LogP contribution in [0.25, 0.3) is 16.8 Å². The lowest BCUT2D eigenvalue weighted by Gasteiger charge is -2.16. The minimum absolute atomic E-state index is 0.0648. The van der Waals surface area contributed by atoms with Gasteiger partial charge in [0, 0.05) is 93.7 Å². The number of anilines is 2. The van der Waals surface area contributed by atoms with Crippen molar-refractivity contribution in [3.8, 4) is 11.1 Å². The van der Waals surface area contributed by atoms with E-state index < -0.39 is 6.10 Å². The molecule has 7 aromatic rings. The Bertz CT molecular complexity index is 2970. The van der Waals surface area contributed by atoms with Crippen LogP contribution in [-0.2, 0) is 45.9 Å². The summed E-state index contributed by atoms with van der Waals surface area (Å²) >= 11 is 13.2. The summed E-state index contributed by atoms with van der Waals surface area (Å²) in [5.41, 5.74) is 6.42. The second kappa shape index (κ2) is 31.3. The van der Waals surface area contributed by atoms with Gasteiger partial charge < -0.3 is 49.8 Å². The number of hydrogen-bond donors (Lipinski definition) is 5. The number of fused-ring (bicyclic) bond motifs is 1. The van der Waals surface area contributed by atoms with E-state index in [1.807, 2.05) is 117 Å². The molecule has 0 aliphatic carbocycles. The number of rotatable bonds is 10. The van der Waals surface area contributed by atoms with E-state index in [0.717, 1.165) is 83.2 Å². The van der Waals surface area contributed by atoms with E-state index in [9.17, 15) is 24.3 Å². The molecule has 24 heteroatoms. The highest BCUT2D eigenvalue weighted by Crippen LogP contribution is 2.29. The number of ether oxygens (including phenoxy) is 3. The van der Waals surface area contributed by atoms with Crippen LogP contribution < -0.4 is 10.6 Å². The second-order valence-corrected chi connectivity index (χ2v) is 22.5. The zero-order chi connectivity index (χ0) is 56.8. The number of thiol groups is 1. The Morgan fingerprint density at radius 1 is 0.750 bits per heavy atom. The number of likely N-dealkylation sites (tertiary alicyclic amines) is 3. The summed E-state index contributed by atoms with van der Waals surface area (Å²) in [5, 5.41) is 34.8. The Labute approximate surface area is 484 Å². The third kappa shape index (κ3) is 19.8. The fourth-order valence-electron chi connectivity index (χ4n) is 8.45. The van der Waals surface area contributed by atoms with Crippen LogP contribution in [0.1, 0.15) is 55.0 Å². The quantitative estimate of drug-likeness (QED) is 0.0489. The lowest BCUT2D eigenvalue weighted by Crippen LogP contribution is -2.30. The molecule has 4 fully saturated rings. The molecular formula is C56H68ClN11O9S3. The van der Waals surface area contributed by atoms with Crippen LogP contribution in [0.3, 0.4) is 0 Å². The maximum Gasteiger partial charge on any atom is 0.410 e. The number of carbonyl (C=O) groups is 4. The third-order valence-electron chi connectivity index (χ3n) is 12.6. The summed E-state index contributed by atoms with van der Waals surface area (Å²) in [6.45, 7) is 9.87. The molecule has 3 amide bonds. The van der Waals surface area contributed by atoms with Gasteiger partial charge in [-0.25, -0.2) is 19.4 Å². The Morgan fingerprint density at radius 2 is 1.31 bits per heavy atom. The molecule has 4 atom stereocenters. The van der Waals surface area contributed by atoms with Crippen LogP contribution in [0.15, 0.2) is 122 Å². The van der Waals surface area contributed by atoms with Gasteiger partial charge in [-0.2, -0.15) is 31.7 Å². The molecule has 80 heavy (non-hydrogen) atoms. The predicted octanol–water partition coefficient (Wildman–Crippen LogP) is 9.03. The topological polar surface area (TPSA) is 231 Å². The third-order valence-corrected chi connectivity index (χ3v) is 15.0. The molecule has 20 nitrogen and oxygen atoms in total. The van der Waals surface area contributed by atoms with Crippen LogP contribution in [0.2, 0.25) is 5.15 Å². The van der Waals surface area contributed by atoms with Crippen LogP contribution in [0.5, 0.6) is 0 Å². The fraction of sp³-hybridized carbons (Fsp3) is 0.393. The number of halogens is 1. The Balaban J connectivity index is 0.000000150. The first-order chi connectivity index (χ1) is 38.6. The molecule has 3 aromatic carbocycles. The molecular weight excluding hydrogens is 1100 g/mol. The number of aliphatic hydroxyl groups excluding tert-OH is 2. The first-order valence-corrected chi connectivity index (χ1v) is 28.7. The molecule has 0 spiro atoms. The van der Waals surface area contributed by atoms with Gasteiger partial charge in [-0.15, -0.1) is 0 Å². The Morgan fingerprint density at radius 3 is 1.76 bits per heavy atom. The van der Waals surface area contributed by atoms with Crippen molar-refractivity contribution in [2.24, 2.45) is 7.05 Å². The summed E-state index contributed by atoms with van der Waals surface area (Å²) in [6, 6.07) is 32.6. The van der Waals surface area contributed by atoms with Crippen molar-refractivity contribution in [1.82, 2.24) is 48.8 Å². The average Bonchev–Trinajstić information content (AvgIpc) is 4.42. The number of benzene rings is 3. The van der Waals surface area contributed by atoms with Crippen molar-refractivity contribution < 1.29 is 43.6 Å². The van der Waals surface area contributed by atoms with E-state index in [1.54, 1.807) is 44.4 Å². The van der Waals surface area contributed by atoms with Crippen LogP contribution in [0.4, 0.5) is 25.2 Å². The second-order valence-electron chi connectivity index (χ2n) is 19.1. The van der Waals surface area contributed by atoms with E-state index in [1.165, 1.54) is 28.2 Å². The molecule has 4 saturated heterocycles. The highest BCUT2D eigenvalue weighted by Gasteiger charge is 2.29. The van der Waals surface area contributed by atoms with Gasteiger partial charge in [0.05, 0.1) is 30.3 Å². The molecule has 4 unspecified atom stereocenters. The van der Waals surface area contributed by atoms with Crippen molar-refractivity contribution in [2.45, 2.75) is 82.1 Å². The highest BCUT2D eigenvalue weighted by atomic mass is 35.5. The van der Waals surface area contributed by atoms with Crippen molar-refractivity contribution in [2.75, 3.05) is 57.7 Å². The van der Waals surface area contributed by atoms with E-state index >= 15 is 0 Å². The molecule has 4 N–H and O–H groups in total. The summed E-state index contributed by atoms with van der Waals surface area (Å²) in [5.74, 6) is 0.735. The number of aryl methyl sites for hydroxylation is 2. The number of β-amino-alcohol motifs (C(OH)–C–C–N with tert-alkyl or cyclic N) is 2. The molecule has 0 bridgehead atoms. The first-order valence-electron chi connectivity index (χ1n) is 26.2. The predicted molar refractivity (Wildman–Crippen MR) is 313 cm³/mol. The van der Waals surface area contributed by atoms with Gasteiger partial charge in [0.15, 0.2) is 10.8 Å². The molecule has 4 aliphatic rings. The number of amides is 3. The fourth-order valence-corrected chi connectivity index (χ4v) is 10.6. The first kappa shape index (κ1) is 60.9. The Kier molecular flexibility index (Phi) is 23.8. The van der Waals surface area contributed by atoms with Crippen molar-refractivity contribution in [3.63, 3.8) is 0 Å². The van der Waals surface area contributed by atoms with Gasteiger partial charge >= 0.3 is 18.3 Å². The van der Waals surface area contributed by atoms with E-state index in [0.29, 0.717) is 68.4 Å². The van der Waals surface area contributed by atoms with Crippen LogP contribution in [0, 0.1) is 6.92 Å². The van der Waals surface area contributed by atoms with Gasteiger partial charge in [0.1, 0.15) is 35.8 Å². The van der Waals surface area contributed by atoms with Crippen molar-refractivity contribution in [1.29, 1.82) is 0 Å². The number of carbonyl (C=O) groups excluding carboxylic acids is 4. The summed E-state index contributed by atoms with van der Waals surface area (Å²) in [7, 11) is 1.87. The number of aromatic nitrogens is 6. The van der Waals surface area contributed by atoms with E-state index in [-0.39, 0.29) is 41.4 Å². The molecule has 426 valence electrons. The molecule has 0 radical (unpaired) electrons. The van der Waals surface area contributed by atoms with Crippen LogP contribution in [-0.4, -0.2) is 152 Å². The smallest absolute Gasteiger partial charge is 0.410 e. The summed E-state index contributed by atoms with van der Waals surface area (Å²) in [6.07, 6.45) is 7.48. The maximum absolute atomic E-state index is 11.9. The van der Waals surface area contributed by atoms with E-state index in [4.69, 9.17) is 30.9 Å². The SMILES string of the molecule is CC(=O)SC1CCN(C(=O)OCc2ccccc2)C1.Cc1cc(Nc2cc(Cl)nc3c(-c4cnn(C)c4)cnn23)sn1.O=C(OCc1ccccc1)N1CCC(O)C1.O=C(OCc1ccccc1)N1CCC(S)C1.OC1CCNC1. The monoisotopic (exact) mass is 1170 g/mol. The molecule has 0 saturated carbocycles. The minimum Gasteiger partial charge on any atom is -0.445 e. The summed E-state index contributed by atoms with van der Waals surface area (Å²) in [4.78, 5) is 55.4. The normalized spacial score (nSPS) is 18.1. The number of thioether (sulfide) groups is 1. The number of nitrogens with one attached hydrogen (secondary N) is 2. The van der Waals surface area contributed by atoms with Gasteiger partial charge in [-0.1, -0.05) is 114 Å². The van der Waals surface area contributed by atoms with Gasteiger partial charge in [0.2, 0.25) is 0 Å². The van der Waals surface area contributed by atoms with E-state index in [2.05, 4.69) is 42.8 Å². The zero-order valence-electron chi connectivity index (χ0n) is 44.9. The highest BCUT2D eigenvalue weighted by molar-refractivity contribution is 8.14. The standard InChI is InChI=1S/C14H12ClN7S.C14H17NO3S.C12H15NO3.C12H15NO2S.C4H9NO/c1-8-3-13(23-20-8)19-12-4-11(15)18-14-10(6-17-22(12)14)9-5-16-21(2)7-9;1-11(16)19-13-7-8-15(9-13)14(17)18-10-12-5-3-2-4-6-12;14-11-6-7-13(8-11)12(15)16-9-10-4-2-1-3-5-10;14-12(13-7-6-11(16)8-13)15-9-10-4-2-1-3-5-10;6-4-1-2-5-3-4/h3-7,19H,1-2H3;2-6,13H,7-10H2,1H3;1-5,11,14H,6-9H2;1-5,11,16H,6-9H2;4-6H,1-3H2. The zero-order valence-corrected chi connectivity index (χ0v) is 48.2. The molecule has 11 rings (SSSR count). The van der Waals surface area contributed by atoms with Crippen molar-refractivity contribution in [3.05, 3.63) is 149 Å². The lowest BCUT2D eigenvalue weighted by molar-refractivity contribution is -0.109. The molecule has 8 heterocycles. The average molecular weight is 1170 g/mol. The number of nitrogens with zero attached hydrogens (tertiary/aromatic N) is 9. The molecule has 4 aliphatic heterocycles.